The number of nitrogens with one attached hydrogen (secondary N) is 1. The molecule has 0 aliphatic carbocycles. The zero-order valence-corrected chi connectivity index (χ0v) is 15.1. The Morgan fingerprint density at radius 3 is 2.11 bits per heavy atom. The number of rotatable bonds is 4. The second kappa shape index (κ2) is 6.67. The van der Waals surface area contributed by atoms with Crippen molar-refractivity contribution >= 4 is 34.6 Å². The molecule has 27 heavy (non-hydrogen) atoms. The van der Waals surface area contributed by atoms with Gasteiger partial charge in [-0.25, -0.2) is 10.1 Å². The standard InChI is InChI=1S/C16H21N9O2/c1-26-11-7-9-10(8-12(11)27-2)19-15(20-13(9)17)24-3-5-25(6-4-24)16-21-14(18)22-23-16/h7-8H,3-6H2,1-2H3,(H2,17,19,20)(H3,18,21,22,23). The summed E-state index contributed by atoms with van der Waals surface area (Å²) >= 11 is 0. The van der Waals surface area contributed by atoms with E-state index in [1.807, 2.05) is 6.07 Å². The average Bonchev–Trinajstić information content (AvgIpc) is 3.13. The maximum Gasteiger partial charge on any atom is 0.246 e. The number of nitrogen functional groups attached to an aromatic ring is 2. The molecule has 1 saturated heterocycles. The highest BCUT2D eigenvalue weighted by Crippen LogP contribution is 2.34. The monoisotopic (exact) mass is 371 g/mol. The molecule has 3 heterocycles. The molecule has 1 fully saturated rings. The van der Waals surface area contributed by atoms with E-state index >= 15 is 0 Å². The van der Waals surface area contributed by atoms with E-state index in [2.05, 4.69) is 34.9 Å². The number of nitrogens with two attached hydrogens (primary N) is 2. The molecule has 0 unspecified atom stereocenters. The predicted molar refractivity (Wildman–Crippen MR) is 102 cm³/mol. The molecule has 0 atom stereocenters. The van der Waals surface area contributed by atoms with Gasteiger partial charge in [-0.05, 0) is 6.07 Å². The minimum absolute atomic E-state index is 0.308. The maximum atomic E-state index is 6.18. The Kier molecular flexibility index (Phi) is 4.18. The van der Waals surface area contributed by atoms with Gasteiger partial charge < -0.3 is 30.7 Å². The van der Waals surface area contributed by atoms with Gasteiger partial charge in [0.2, 0.25) is 17.8 Å². The highest BCUT2D eigenvalue weighted by molar-refractivity contribution is 5.91. The normalized spacial score (nSPS) is 14.6. The molecule has 11 nitrogen and oxygen atoms in total. The van der Waals surface area contributed by atoms with Crippen LogP contribution in [0.2, 0.25) is 0 Å². The van der Waals surface area contributed by atoms with Crippen LogP contribution in [0.4, 0.5) is 23.7 Å². The van der Waals surface area contributed by atoms with Gasteiger partial charge in [0.25, 0.3) is 0 Å². The largest absolute Gasteiger partial charge is 0.493 e. The van der Waals surface area contributed by atoms with Crippen LogP contribution in [0.1, 0.15) is 0 Å². The number of fused-ring (bicyclic) bond motifs is 1. The Labute approximate surface area is 155 Å². The number of nitrogens with zero attached hydrogens (tertiary/aromatic N) is 6. The van der Waals surface area contributed by atoms with Crippen molar-refractivity contribution in [1.82, 2.24) is 25.1 Å². The van der Waals surface area contributed by atoms with E-state index in [9.17, 15) is 0 Å². The van der Waals surface area contributed by atoms with Crippen LogP contribution in [0.3, 0.4) is 0 Å². The van der Waals surface area contributed by atoms with E-state index in [0.29, 0.717) is 53.8 Å². The van der Waals surface area contributed by atoms with Crippen molar-refractivity contribution < 1.29 is 9.47 Å². The molecule has 5 N–H and O–H groups in total. The first kappa shape index (κ1) is 16.9. The lowest BCUT2D eigenvalue weighted by Crippen LogP contribution is -2.47. The molecule has 11 heteroatoms. The van der Waals surface area contributed by atoms with E-state index in [0.717, 1.165) is 18.5 Å². The summed E-state index contributed by atoms with van der Waals surface area (Å²) in [6.45, 7) is 2.88. The van der Waals surface area contributed by atoms with E-state index in [1.165, 1.54) is 0 Å². The van der Waals surface area contributed by atoms with Crippen LogP contribution in [-0.2, 0) is 0 Å². The molecule has 1 aromatic carbocycles. The van der Waals surface area contributed by atoms with E-state index in [1.54, 1.807) is 20.3 Å². The van der Waals surface area contributed by atoms with Crippen LogP contribution in [0.5, 0.6) is 11.5 Å². The Morgan fingerprint density at radius 1 is 0.889 bits per heavy atom. The topological polar surface area (TPSA) is 144 Å². The fraction of sp³-hybridized carbons (Fsp3) is 0.375. The third kappa shape index (κ3) is 3.07. The molecule has 4 rings (SSSR count). The van der Waals surface area contributed by atoms with E-state index in [-0.39, 0.29) is 0 Å². The summed E-state index contributed by atoms with van der Waals surface area (Å²) in [4.78, 5) is 17.5. The van der Waals surface area contributed by atoms with Crippen molar-refractivity contribution in [2.45, 2.75) is 0 Å². The minimum Gasteiger partial charge on any atom is -0.493 e. The van der Waals surface area contributed by atoms with Crippen molar-refractivity contribution in [2.75, 3.05) is 61.7 Å². The molecule has 0 amide bonds. The molecule has 1 aliphatic rings. The Morgan fingerprint density at radius 2 is 1.52 bits per heavy atom. The third-order valence-electron chi connectivity index (χ3n) is 4.55. The van der Waals surface area contributed by atoms with Crippen LogP contribution in [0, 0.1) is 0 Å². The summed E-state index contributed by atoms with van der Waals surface area (Å²) in [6.07, 6.45) is 0. The number of H-pyrrole nitrogens is 1. The molecule has 0 saturated carbocycles. The number of hydrogen-bond donors (Lipinski definition) is 3. The minimum atomic E-state index is 0.308. The lowest BCUT2D eigenvalue weighted by molar-refractivity contribution is 0.356. The lowest BCUT2D eigenvalue weighted by atomic mass is 10.2. The van der Waals surface area contributed by atoms with Crippen molar-refractivity contribution in [1.29, 1.82) is 0 Å². The molecular weight excluding hydrogens is 350 g/mol. The first-order valence-corrected chi connectivity index (χ1v) is 8.46. The summed E-state index contributed by atoms with van der Waals surface area (Å²) < 4.78 is 10.7. The van der Waals surface area contributed by atoms with Crippen LogP contribution in [-0.4, -0.2) is 65.5 Å². The second-order valence-corrected chi connectivity index (χ2v) is 6.13. The summed E-state index contributed by atoms with van der Waals surface area (Å²) in [7, 11) is 3.17. The van der Waals surface area contributed by atoms with Gasteiger partial charge in [0.05, 0.1) is 19.7 Å². The fourth-order valence-corrected chi connectivity index (χ4v) is 3.12. The van der Waals surface area contributed by atoms with Crippen molar-refractivity contribution in [3.05, 3.63) is 12.1 Å². The predicted octanol–water partition coefficient (Wildman–Crippen LogP) is 0.256. The van der Waals surface area contributed by atoms with Crippen molar-refractivity contribution in [3.63, 3.8) is 0 Å². The van der Waals surface area contributed by atoms with Crippen LogP contribution < -0.4 is 30.7 Å². The van der Waals surface area contributed by atoms with Gasteiger partial charge in [-0.15, -0.1) is 5.10 Å². The number of methoxy groups -OCH3 is 2. The van der Waals surface area contributed by atoms with Crippen LogP contribution in [0.15, 0.2) is 12.1 Å². The number of anilines is 4. The molecule has 0 spiro atoms. The summed E-state index contributed by atoms with van der Waals surface area (Å²) in [5, 5.41) is 7.48. The summed E-state index contributed by atoms with van der Waals surface area (Å²) in [5.74, 6) is 3.08. The van der Waals surface area contributed by atoms with E-state index in [4.69, 9.17) is 20.9 Å². The summed E-state index contributed by atoms with van der Waals surface area (Å²) in [5.41, 5.74) is 12.5. The Balaban J connectivity index is 1.59. The smallest absolute Gasteiger partial charge is 0.246 e. The number of benzene rings is 1. The zero-order valence-electron chi connectivity index (χ0n) is 15.1. The van der Waals surface area contributed by atoms with Crippen LogP contribution in [0.25, 0.3) is 10.9 Å². The number of piperazine rings is 1. The SMILES string of the molecule is COc1cc2nc(N3CCN(c4n[nH]c(N)n4)CC3)nc(N)c2cc1OC. The number of aromatic amines is 1. The number of ether oxygens (including phenoxy) is 2. The first-order valence-electron chi connectivity index (χ1n) is 8.46. The van der Waals surface area contributed by atoms with Gasteiger partial charge in [-0.2, -0.15) is 9.97 Å². The highest BCUT2D eigenvalue weighted by Gasteiger charge is 2.23. The van der Waals surface area contributed by atoms with Crippen molar-refractivity contribution in [2.24, 2.45) is 0 Å². The average molecular weight is 371 g/mol. The molecule has 1 aliphatic heterocycles. The number of aromatic nitrogens is 5. The van der Waals surface area contributed by atoms with Gasteiger partial charge >= 0.3 is 0 Å². The van der Waals surface area contributed by atoms with Gasteiger partial charge in [-0.1, -0.05) is 0 Å². The highest BCUT2D eigenvalue weighted by atomic mass is 16.5. The quantitative estimate of drug-likeness (QED) is 0.584. The van der Waals surface area contributed by atoms with Gasteiger partial charge in [0.1, 0.15) is 5.82 Å². The Hall–Kier alpha value is -3.50. The molecule has 0 bridgehead atoms. The third-order valence-corrected chi connectivity index (χ3v) is 4.55. The maximum absolute atomic E-state index is 6.18. The zero-order chi connectivity index (χ0) is 19.0. The van der Waals surface area contributed by atoms with Gasteiger partial charge in [0.15, 0.2) is 11.5 Å². The molecule has 2 aromatic heterocycles. The van der Waals surface area contributed by atoms with Crippen molar-refractivity contribution in [3.8, 4) is 11.5 Å². The Bertz CT molecular complexity index is 966. The van der Waals surface area contributed by atoms with Gasteiger partial charge in [-0.3, -0.25) is 0 Å². The number of hydrogen-bond acceptors (Lipinski definition) is 10. The second-order valence-electron chi connectivity index (χ2n) is 6.13. The molecule has 142 valence electrons. The van der Waals surface area contributed by atoms with Crippen LogP contribution >= 0.6 is 0 Å². The van der Waals surface area contributed by atoms with E-state index < -0.39 is 0 Å². The molecular formula is C16H21N9O2. The first-order chi connectivity index (χ1) is 13.1. The lowest BCUT2D eigenvalue weighted by Gasteiger charge is -2.34. The molecule has 3 aromatic rings. The molecule has 0 radical (unpaired) electrons. The fourth-order valence-electron chi connectivity index (χ4n) is 3.12. The summed E-state index contributed by atoms with van der Waals surface area (Å²) in [6, 6.07) is 3.60. The van der Waals surface area contributed by atoms with Gasteiger partial charge in [0, 0.05) is 37.6 Å².